The van der Waals surface area contributed by atoms with E-state index in [1.807, 2.05) is 0 Å². The van der Waals surface area contributed by atoms with Crippen LogP contribution in [-0.2, 0) is 0 Å². The van der Waals surface area contributed by atoms with Crippen LogP contribution in [0.4, 0.5) is 0 Å². The van der Waals surface area contributed by atoms with E-state index in [2.05, 4.69) is 25.7 Å². The number of likely N-dealkylation sites (tertiary alicyclic amines) is 1. The summed E-state index contributed by atoms with van der Waals surface area (Å²) in [6.45, 7) is 10.6. The molecule has 0 spiro atoms. The molecule has 1 heterocycles. The Hall–Kier alpha value is -0.0800. The highest BCUT2D eigenvalue weighted by Gasteiger charge is 2.44. The summed E-state index contributed by atoms with van der Waals surface area (Å²) >= 11 is 0. The minimum absolute atomic E-state index is 0.316. The van der Waals surface area contributed by atoms with Crippen LogP contribution in [0.3, 0.4) is 0 Å². The zero-order valence-corrected chi connectivity index (χ0v) is 12.6. The van der Waals surface area contributed by atoms with Gasteiger partial charge in [-0.05, 0) is 56.5 Å². The molecule has 2 nitrogen and oxygen atoms in total. The van der Waals surface area contributed by atoms with Crippen molar-refractivity contribution in [3.63, 3.8) is 0 Å². The van der Waals surface area contributed by atoms with Crippen LogP contribution in [0.15, 0.2) is 0 Å². The first-order chi connectivity index (χ1) is 8.62. The molecule has 106 valence electrons. The minimum Gasteiger partial charge on any atom is -0.329 e. The van der Waals surface area contributed by atoms with Crippen LogP contribution in [0, 0.1) is 17.8 Å². The number of hydrogen-bond donors (Lipinski definition) is 1. The Morgan fingerprint density at radius 2 is 1.78 bits per heavy atom. The van der Waals surface area contributed by atoms with Gasteiger partial charge in [0.25, 0.3) is 0 Å². The Bertz CT molecular complexity index is 258. The van der Waals surface area contributed by atoms with E-state index >= 15 is 0 Å². The highest BCUT2D eigenvalue weighted by Crippen LogP contribution is 2.42. The fourth-order valence-electron chi connectivity index (χ4n) is 4.35. The molecule has 1 aliphatic carbocycles. The van der Waals surface area contributed by atoms with Gasteiger partial charge in [-0.15, -0.1) is 0 Å². The molecule has 0 aromatic carbocycles. The van der Waals surface area contributed by atoms with E-state index in [4.69, 9.17) is 5.73 Å². The van der Waals surface area contributed by atoms with Crippen molar-refractivity contribution >= 4 is 0 Å². The van der Waals surface area contributed by atoms with E-state index in [9.17, 15) is 0 Å². The van der Waals surface area contributed by atoms with E-state index in [1.165, 1.54) is 51.6 Å². The molecule has 0 aromatic heterocycles. The summed E-state index contributed by atoms with van der Waals surface area (Å²) in [4.78, 5) is 2.76. The predicted octanol–water partition coefficient (Wildman–Crippen LogP) is 3.26. The van der Waals surface area contributed by atoms with Gasteiger partial charge in [-0.2, -0.15) is 0 Å². The SMILES string of the molecule is CCC1CCN(C2(CN)CC(C)CCC2C)CC1. The lowest BCUT2D eigenvalue weighted by Crippen LogP contribution is -2.62. The topological polar surface area (TPSA) is 29.3 Å². The van der Waals surface area contributed by atoms with Crippen LogP contribution in [0.25, 0.3) is 0 Å². The quantitative estimate of drug-likeness (QED) is 0.835. The lowest BCUT2D eigenvalue weighted by Gasteiger charge is -2.53. The molecule has 18 heavy (non-hydrogen) atoms. The second-order valence-corrected chi connectivity index (χ2v) is 6.93. The van der Waals surface area contributed by atoms with Crippen LogP contribution in [0.1, 0.15) is 59.3 Å². The maximum atomic E-state index is 6.25. The third-order valence-corrected chi connectivity index (χ3v) is 5.89. The Morgan fingerprint density at radius 1 is 1.11 bits per heavy atom. The first-order valence-electron chi connectivity index (χ1n) is 8.07. The van der Waals surface area contributed by atoms with Crippen molar-refractivity contribution < 1.29 is 0 Å². The summed E-state index contributed by atoms with van der Waals surface area (Å²) in [5, 5.41) is 0. The van der Waals surface area contributed by atoms with Gasteiger partial charge in [0.2, 0.25) is 0 Å². The summed E-state index contributed by atoms with van der Waals surface area (Å²) in [7, 11) is 0. The molecule has 3 unspecified atom stereocenters. The lowest BCUT2D eigenvalue weighted by atomic mass is 9.68. The van der Waals surface area contributed by atoms with Crippen LogP contribution >= 0.6 is 0 Å². The number of nitrogens with zero attached hydrogens (tertiary/aromatic N) is 1. The molecule has 0 amide bonds. The van der Waals surface area contributed by atoms with E-state index < -0.39 is 0 Å². The van der Waals surface area contributed by atoms with Gasteiger partial charge in [-0.3, -0.25) is 4.90 Å². The first kappa shape index (κ1) is 14.3. The van der Waals surface area contributed by atoms with Crippen LogP contribution in [0.2, 0.25) is 0 Å². The summed E-state index contributed by atoms with van der Waals surface area (Å²) in [6.07, 6.45) is 8.22. The fourth-order valence-corrected chi connectivity index (χ4v) is 4.35. The molecule has 2 fully saturated rings. The summed E-state index contributed by atoms with van der Waals surface area (Å²) in [6, 6.07) is 0. The zero-order chi connectivity index (χ0) is 13.2. The molecule has 2 N–H and O–H groups in total. The van der Waals surface area contributed by atoms with Crippen molar-refractivity contribution in [2.75, 3.05) is 19.6 Å². The summed E-state index contributed by atoms with van der Waals surface area (Å²) in [5.41, 5.74) is 6.56. The van der Waals surface area contributed by atoms with Crippen molar-refractivity contribution in [3.8, 4) is 0 Å². The van der Waals surface area contributed by atoms with Crippen molar-refractivity contribution in [1.29, 1.82) is 0 Å². The Balaban J connectivity index is 2.07. The van der Waals surface area contributed by atoms with E-state index in [0.29, 0.717) is 5.54 Å². The molecular formula is C16H32N2. The fraction of sp³-hybridized carbons (Fsp3) is 1.00. The Kier molecular flexibility index (Phi) is 4.71. The van der Waals surface area contributed by atoms with Gasteiger partial charge in [-0.25, -0.2) is 0 Å². The van der Waals surface area contributed by atoms with Gasteiger partial charge in [0.05, 0.1) is 0 Å². The smallest absolute Gasteiger partial charge is 0.0359 e. The van der Waals surface area contributed by atoms with Gasteiger partial charge in [0.15, 0.2) is 0 Å². The summed E-state index contributed by atoms with van der Waals surface area (Å²) < 4.78 is 0. The van der Waals surface area contributed by atoms with Crippen molar-refractivity contribution in [2.45, 2.75) is 64.8 Å². The molecular weight excluding hydrogens is 220 g/mol. The Morgan fingerprint density at radius 3 is 2.33 bits per heavy atom. The molecule has 1 saturated carbocycles. The number of nitrogens with two attached hydrogens (primary N) is 1. The monoisotopic (exact) mass is 252 g/mol. The highest BCUT2D eigenvalue weighted by molar-refractivity contribution is 5.01. The predicted molar refractivity (Wildman–Crippen MR) is 78.6 cm³/mol. The van der Waals surface area contributed by atoms with Gasteiger partial charge in [-0.1, -0.05) is 33.6 Å². The van der Waals surface area contributed by atoms with Crippen molar-refractivity contribution in [1.82, 2.24) is 4.90 Å². The normalized spacial score (nSPS) is 40.0. The average Bonchev–Trinajstić information content (AvgIpc) is 2.42. The van der Waals surface area contributed by atoms with Crippen molar-refractivity contribution in [2.24, 2.45) is 23.5 Å². The largest absolute Gasteiger partial charge is 0.329 e. The zero-order valence-electron chi connectivity index (χ0n) is 12.6. The molecule has 1 saturated heterocycles. The Labute approximate surface area is 113 Å². The molecule has 0 bridgehead atoms. The number of rotatable bonds is 3. The second-order valence-electron chi connectivity index (χ2n) is 6.93. The summed E-state index contributed by atoms with van der Waals surface area (Å²) in [5.74, 6) is 2.60. The molecule has 0 radical (unpaired) electrons. The number of piperidine rings is 1. The van der Waals surface area contributed by atoms with E-state index in [0.717, 1.165) is 24.3 Å². The minimum atomic E-state index is 0.316. The number of hydrogen-bond acceptors (Lipinski definition) is 2. The van der Waals surface area contributed by atoms with Crippen LogP contribution in [0.5, 0.6) is 0 Å². The maximum Gasteiger partial charge on any atom is 0.0359 e. The standard InChI is InChI=1S/C16H32N2/c1-4-15-7-9-18(10-8-15)16(12-17)11-13(2)5-6-14(16)3/h13-15H,4-12,17H2,1-3H3. The molecule has 3 atom stereocenters. The third-order valence-electron chi connectivity index (χ3n) is 5.89. The third kappa shape index (κ3) is 2.60. The highest BCUT2D eigenvalue weighted by atomic mass is 15.2. The molecule has 1 aliphatic heterocycles. The van der Waals surface area contributed by atoms with E-state index in [-0.39, 0.29) is 0 Å². The maximum absolute atomic E-state index is 6.25. The van der Waals surface area contributed by atoms with E-state index in [1.54, 1.807) is 0 Å². The van der Waals surface area contributed by atoms with Gasteiger partial charge >= 0.3 is 0 Å². The van der Waals surface area contributed by atoms with Gasteiger partial charge < -0.3 is 5.73 Å². The van der Waals surface area contributed by atoms with Crippen LogP contribution in [-0.4, -0.2) is 30.1 Å². The van der Waals surface area contributed by atoms with Gasteiger partial charge in [0, 0.05) is 12.1 Å². The lowest BCUT2D eigenvalue weighted by molar-refractivity contribution is -0.0241. The molecule has 2 aliphatic rings. The molecule has 0 aromatic rings. The first-order valence-corrected chi connectivity index (χ1v) is 8.07. The molecule has 2 heteroatoms. The van der Waals surface area contributed by atoms with Crippen molar-refractivity contribution in [3.05, 3.63) is 0 Å². The van der Waals surface area contributed by atoms with Gasteiger partial charge in [0.1, 0.15) is 0 Å². The molecule has 2 rings (SSSR count). The second kappa shape index (κ2) is 5.92. The van der Waals surface area contributed by atoms with Crippen LogP contribution < -0.4 is 5.73 Å². The average molecular weight is 252 g/mol.